The van der Waals surface area contributed by atoms with Crippen LogP contribution in [-0.2, 0) is 29.7 Å². The molecule has 1 aromatic carbocycles. The molecule has 0 radical (unpaired) electrons. The summed E-state index contributed by atoms with van der Waals surface area (Å²) in [6.07, 6.45) is 0.169. The van der Waals surface area contributed by atoms with Gasteiger partial charge in [-0.1, -0.05) is 36.9 Å². The van der Waals surface area contributed by atoms with Crippen LogP contribution in [-0.4, -0.2) is 68.9 Å². The van der Waals surface area contributed by atoms with E-state index in [4.69, 9.17) is 13.8 Å². The SMILES string of the molecule is C=CC(=O)OCC(CNCc1ccccc1)OP(=O)(O)OCC[N+](C)(C)C. The molecular weight excluding hydrogens is 371 g/mol. The molecule has 9 heteroatoms. The van der Waals surface area contributed by atoms with Crippen LogP contribution in [0.25, 0.3) is 0 Å². The highest BCUT2D eigenvalue weighted by atomic mass is 31.2. The summed E-state index contributed by atoms with van der Waals surface area (Å²) in [6, 6.07) is 9.65. The molecule has 2 N–H and O–H groups in total. The number of rotatable bonds is 13. The molecular formula is C18H30N2O6P+. The van der Waals surface area contributed by atoms with Gasteiger partial charge in [0.1, 0.15) is 25.9 Å². The summed E-state index contributed by atoms with van der Waals surface area (Å²) >= 11 is 0. The van der Waals surface area contributed by atoms with Gasteiger partial charge < -0.3 is 19.4 Å². The number of carbonyl (C=O) groups excluding carboxylic acids is 1. The first-order valence-electron chi connectivity index (χ1n) is 8.61. The highest BCUT2D eigenvalue weighted by Crippen LogP contribution is 2.44. The van der Waals surface area contributed by atoms with Crippen LogP contribution in [0.1, 0.15) is 5.56 Å². The predicted molar refractivity (Wildman–Crippen MR) is 103 cm³/mol. The van der Waals surface area contributed by atoms with Crippen molar-refractivity contribution >= 4 is 13.8 Å². The van der Waals surface area contributed by atoms with E-state index in [0.717, 1.165) is 11.6 Å². The Morgan fingerprint density at radius 3 is 2.59 bits per heavy atom. The lowest BCUT2D eigenvalue weighted by Gasteiger charge is -2.25. The van der Waals surface area contributed by atoms with Crippen LogP contribution in [0.2, 0.25) is 0 Å². The summed E-state index contributed by atoms with van der Waals surface area (Å²) in [5, 5.41) is 3.11. The first kappa shape index (κ1) is 23.5. The predicted octanol–water partition coefficient (Wildman–Crippen LogP) is 1.71. The van der Waals surface area contributed by atoms with Gasteiger partial charge in [0.05, 0.1) is 21.1 Å². The quantitative estimate of drug-likeness (QED) is 0.225. The number of phosphoric acid groups is 1. The molecule has 2 unspecified atom stereocenters. The van der Waals surface area contributed by atoms with Crippen molar-refractivity contribution in [3.63, 3.8) is 0 Å². The van der Waals surface area contributed by atoms with E-state index >= 15 is 0 Å². The molecule has 27 heavy (non-hydrogen) atoms. The maximum atomic E-state index is 12.2. The van der Waals surface area contributed by atoms with Gasteiger partial charge in [0.15, 0.2) is 0 Å². The fourth-order valence-electron chi connectivity index (χ4n) is 1.98. The smallest absolute Gasteiger partial charge is 0.460 e. The molecule has 2 atom stereocenters. The van der Waals surface area contributed by atoms with Crippen molar-refractivity contribution in [3.8, 4) is 0 Å². The first-order valence-corrected chi connectivity index (χ1v) is 10.1. The minimum absolute atomic E-state index is 0.0634. The summed E-state index contributed by atoms with van der Waals surface area (Å²) in [4.78, 5) is 21.2. The molecule has 0 saturated carbocycles. The Morgan fingerprint density at radius 2 is 2.00 bits per heavy atom. The van der Waals surface area contributed by atoms with E-state index in [0.29, 0.717) is 17.6 Å². The fraction of sp³-hybridized carbons (Fsp3) is 0.500. The lowest BCUT2D eigenvalue weighted by molar-refractivity contribution is -0.870. The molecule has 0 amide bonds. The zero-order chi connectivity index (χ0) is 20.3. The average molecular weight is 401 g/mol. The molecule has 152 valence electrons. The third-order valence-corrected chi connectivity index (χ3v) is 4.49. The Labute approximate surface area is 160 Å². The zero-order valence-electron chi connectivity index (χ0n) is 16.2. The second-order valence-electron chi connectivity index (χ2n) is 6.99. The van der Waals surface area contributed by atoms with E-state index in [1.54, 1.807) is 0 Å². The monoisotopic (exact) mass is 401 g/mol. The number of likely N-dealkylation sites (N-methyl/N-ethyl adjacent to an activating group) is 1. The molecule has 0 aromatic heterocycles. The van der Waals surface area contributed by atoms with Crippen LogP contribution in [0, 0.1) is 0 Å². The number of nitrogens with zero attached hydrogens (tertiary/aromatic N) is 1. The van der Waals surface area contributed by atoms with E-state index < -0.39 is 19.9 Å². The third-order valence-electron chi connectivity index (χ3n) is 3.42. The molecule has 0 fully saturated rings. The Balaban J connectivity index is 2.56. The molecule has 0 spiro atoms. The van der Waals surface area contributed by atoms with Crippen molar-refractivity contribution < 1.29 is 32.5 Å². The summed E-state index contributed by atoms with van der Waals surface area (Å²) in [5.74, 6) is -0.634. The van der Waals surface area contributed by atoms with Crippen LogP contribution in [0.15, 0.2) is 43.0 Å². The van der Waals surface area contributed by atoms with E-state index in [-0.39, 0.29) is 19.8 Å². The molecule has 0 saturated heterocycles. The summed E-state index contributed by atoms with van der Waals surface area (Å²) in [5.41, 5.74) is 1.05. The van der Waals surface area contributed by atoms with Gasteiger partial charge in [-0.2, -0.15) is 0 Å². The van der Waals surface area contributed by atoms with E-state index in [1.807, 2.05) is 51.5 Å². The van der Waals surface area contributed by atoms with Gasteiger partial charge in [-0.25, -0.2) is 9.36 Å². The van der Waals surface area contributed by atoms with Crippen molar-refractivity contribution in [2.45, 2.75) is 12.6 Å². The number of hydrogen-bond donors (Lipinski definition) is 2. The van der Waals surface area contributed by atoms with Crippen LogP contribution in [0.5, 0.6) is 0 Å². The lowest BCUT2D eigenvalue weighted by Crippen LogP contribution is -2.37. The molecule has 0 heterocycles. The number of benzene rings is 1. The normalized spacial score (nSPS) is 15.0. The largest absolute Gasteiger partial charge is 0.472 e. The topological polar surface area (TPSA) is 94.1 Å². The van der Waals surface area contributed by atoms with Crippen LogP contribution in [0.3, 0.4) is 0 Å². The molecule has 1 aromatic rings. The van der Waals surface area contributed by atoms with Gasteiger partial charge in [0, 0.05) is 19.2 Å². The van der Waals surface area contributed by atoms with Crippen LogP contribution >= 0.6 is 7.82 Å². The lowest BCUT2D eigenvalue weighted by atomic mass is 10.2. The van der Waals surface area contributed by atoms with Crippen molar-refractivity contribution in [2.24, 2.45) is 0 Å². The minimum atomic E-state index is -4.28. The number of phosphoric ester groups is 1. The number of ether oxygens (including phenoxy) is 1. The van der Waals surface area contributed by atoms with Gasteiger partial charge in [-0.15, -0.1) is 0 Å². The van der Waals surface area contributed by atoms with Crippen molar-refractivity contribution in [2.75, 3.05) is 47.4 Å². The van der Waals surface area contributed by atoms with Crippen LogP contribution in [0.4, 0.5) is 0 Å². The second kappa shape index (κ2) is 11.3. The average Bonchev–Trinajstić information content (AvgIpc) is 2.58. The van der Waals surface area contributed by atoms with Gasteiger partial charge >= 0.3 is 13.8 Å². The number of nitrogens with one attached hydrogen (secondary N) is 1. The Morgan fingerprint density at radius 1 is 1.33 bits per heavy atom. The Bertz CT molecular complexity index is 632. The van der Waals surface area contributed by atoms with Gasteiger partial charge in [0.2, 0.25) is 0 Å². The maximum absolute atomic E-state index is 12.2. The van der Waals surface area contributed by atoms with Gasteiger partial charge in [0.25, 0.3) is 0 Å². The molecule has 0 aliphatic carbocycles. The Hall–Kier alpha value is -1.54. The number of esters is 1. The second-order valence-corrected chi connectivity index (χ2v) is 8.40. The standard InChI is InChI=1S/C18H29N2O6P/c1-5-18(21)24-15-17(14-19-13-16-9-7-6-8-10-16)26-27(22,23)25-12-11-20(2,3)4/h5-10,17,19H,1,11-15H2,2-4H3/p+1. The first-order chi connectivity index (χ1) is 12.6. The van der Waals surface area contributed by atoms with E-state index in [1.165, 1.54) is 0 Å². The van der Waals surface area contributed by atoms with Crippen LogP contribution < -0.4 is 5.32 Å². The minimum Gasteiger partial charge on any atom is -0.460 e. The molecule has 0 aliphatic rings. The van der Waals surface area contributed by atoms with Crippen molar-refractivity contribution in [1.29, 1.82) is 0 Å². The maximum Gasteiger partial charge on any atom is 0.472 e. The Kier molecular flexibility index (Phi) is 9.87. The highest BCUT2D eigenvalue weighted by molar-refractivity contribution is 7.47. The van der Waals surface area contributed by atoms with Gasteiger partial charge in [-0.05, 0) is 5.56 Å². The van der Waals surface area contributed by atoms with E-state index in [2.05, 4.69) is 11.9 Å². The summed E-state index contributed by atoms with van der Waals surface area (Å²) < 4.78 is 27.9. The van der Waals surface area contributed by atoms with Crippen molar-refractivity contribution in [1.82, 2.24) is 5.32 Å². The fourth-order valence-corrected chi connectivity index (χ4v) is 2.87. The summed E-state index contributed by atoms with van der Waals surface area (Å²) in [6.45, 7) is 4.45. The molecule has 8 nitrogen and oxygen atoms in total. The van der Waals surface area contributed by atoms with E-state index in [9.17, 15) is 14.3 Å². The highest BCUT2D eigenvalue weighted by Gasteiger charge is 2.28. The number of hydrogen-bond acceptors (Lipinski definition) is 6. The molecule has 1 rings (SSSR count). The third kappa shape index (κ3) is 11.7. The zero-order valence-corrected chi connectivity index (χ0v) is 17.1. The molecule has 0 bridgehead atoms. The number of quaternary nitrogens is 1. The number of carbonyl (C=O) groups is 1. The van der Waals surface area contributed by atoms with Crippen molar-refractivity contribution in [3.05, 3.63) is 48.6 Å². The molecule has 0 aliphatic heterocycles. The van der Waals surface area contributed by atoms with Gasteiger partial charge in [-0.3, -0.25) is 9.05 Å². The summed E-state index contributed by atoms with van der Waals surface area (Å²) in [7, 11) is 1.54.